The molecule has 4 aromatic rings. The van der Waals surface area contributed by atoms with Crippen LogP contribution in [0.25, 0.3) is 22.2 Å². The lowest BCUT2D eigenvalue weighted by Crippen LogP contribution is -2.51. The van der Waals surface area contributed by atoms with Crippen LogP contribution in [0.3, 0.4) is 0 Å². The summed E-state index contributed by atoms with van der Waals surface area (Å²) in [5.74, 6) is 0.113. The van der Waals surface area contributed by atoms with Crippen molar-refractivity contribution in [3.05, 3.63) is 66.2 Å². The fourth-order valence-corrected chi connectivity index (χ4v) is 4.61. The minimum atomic E-state index is -0.570. The minimum absolute atomic E-state index is 0.0783. The number of hydrogen-bond donors (Lipinski definition) is 1. The Morgan fingerprint density at radius 2 is 1.85 bits per heavy atom. The van der Waals surface area contributed by atoms with E-state index < -0.39 is 11.4 Å². The van der Waals surface area contributed by atoms with E-state index in [1.165, 1.54) is 13.2 Å². The summed E-state index contributed by atoms with van der Waals surface area (Å²) >= 11 is 0. The maximum absolute atomic E-state index is 14.5. The summed E-state index contributed by atoms with van der Waals surface area (Å²) in [5.41, 5.74) is 2.93. The van der Waals surface area contributed by atoms with Crippen LogP contribution in [0.4, 0.5) is 9.18 Å². The Morgan fingerprint density at radius 3 is 2.56 bits per heavy atom. The van der Waals surface area contributed by atoms with Crippen molar-refractivity contribution in [3.63, 3.8) is 0 Å². The van der Waals surface area contributed by atoms with Gasteiger partial charge in [0.05, 0.1) is 19.2 Å². The number of nitrogens with one attached hydrogen (secondary N) is 1. The van der Waals surface area contributed by atoms with Gasteiger partial charge < -0.3 is 19.1 Å². The fraction of sp³-hybridized carbons (Fsp3) is 0.345. The Balaban J connectivity index is 1.44. The number of nitrogens with zero attached hydrogens (tertiary/aromatic N) is 4. The number of methoxy groups -OCH3 is 1. The van der Waals surface area contributed by atoms with Gasteiger partial charge in [-0.25, -0.2) is 9.48 Å². The lowest BCUT2D eigenvalue weighted by atomic mass is 10.1. The van der Waals surface area contributed by atoms with Crippen molar-refractivity contribution in [2.45, 2.75) is 39.5 Å². The quantitative estimate of drug-likeness (QED) is 0.353. The van der Waals surface area contributed by atoms with Gasteiger partial charge in [-0.05, 0) is 69.7 Å². The second-order valence-electron chi connectivity index (χ2n) is 10.4. The van der Waals surface area contributed by atoms with E-state index in [9.17, 15) is 9.18 Å². The summed E-state index contributed by atoms with van der Waals surface area (Å²) in [6.45, 7) is 9.13. The first kappa shape index (κ1) is 26.4. The number of amides is 1. The topological polar surface area (TPSA) is 90.7 Å². The Kier molecular flexibility index (Phi) is 7.14. The predicted molar refractivity (Wildman–Crippen MR) is 146 cm³/mol. The van der Waals surface area contributed by atoms with Crippen LogP contribution in [0.15, 0.2) is 54.9 Å². The number of hydrogen-bond acceptors (Lipinski definition) is 7. The predicted octanol–water partition coefficient (Wildman–Crippen LogP) is 5.69. The average Bonchev–Trinajstić information content (AvgIpc) is 3.30. The molecule has 1 atom stereocenters. The number of rotatable bonds is 5. The molecule has 1 saturated heterocycles. The molecule has 0 unspecified atom stereocenters. The van der Waals surface area contributed by atoms with Crippen LogP contribution in [0, 0.1) is 12.7 Å². The zero-order chi connectivity index (χ0) is 27.7. The molecule has 1 amide bonds. The first-order chi connectivity index (χ1) is 18.6. The van der Waals surface area contributed by atoms with Gasteiger partial charge in [0.25, 0.3) is 0 Å². The van der Waals surface area contributed by atoms with Crippen LogP contribution in [0.5, 0.6) is 17.2 Å². The van der Waals surface area contributed by atoms with Crippen LogP contribution in [-0.2, 0) is 4.74 Å². The Labute approximate surface area is 226 Å². The first-order valence-electron chi connectivity index (χ1n) is 12.8. The third-order valence-corrected chi connectivity index (χ3v) is 6.40. The smallest absolute Gasteiger partial charge is 0.410 e. The van der Waals surface area contributed by atoms with Gasteiger partial charge >= 0.3 is 6.09 Å². The monoisotopic (exact) mass is 533 g/mol. The average molecular weight is 534 g/mol. The maximum atomic E-state index is 14.5. The Morgan fingerprint density at radius 1 is 1.10 bits per heavy atom. The molecule has 0 aliphatic carbocycles. The van der Waals surface area contributed by atoms with Gasteiger partial charge in [0.15, 0.2) is 11.5 Å². The molecule has 0 spiro atoms. The van der Waals surface area contributed by atoms with E-state index in [0.29, 0.717) is 25.4 Å². The molecule has 0 saturated carbocycles. The number of benzene rings is 2. The van der Waals surface area contributed by atoms with E-state index in [1.54, 1.807) is 41.6 Å². The van der Waals surface area contributed by atoms with E-state index in [1.807, 2.05) is 44.5 Å². The largest absolute Gasteiger partial charge is 0.494 e. The van der Waals surface area contributed by atoms with E-state index in [4.69, 9.17) is 19.3 Å². The number of carbonyl (C=O) groups is 1. The molecular weight excluding hydrogens is 501 g/mol. The molecule has 3 heterocycles. The third-order valence-electron chi connectivity index (χ3n) is 6.40. The molecule has 39 heavy (non-hydrogen) atoms. The van der Waals surface area contributed by atoms with Gasteiger partial charge in [-0.1, -0.05) is 6.07 Å². The standard InChI is InChI=1S/C29H32FN5O4/c1-18-15-31-16-21-26(19-9-11-20(12-10-19)38-23-8-6-7-22(37-5)25(23)30)33-35(27(18)21)24-17-34(14-13-32-24)28(36)39-29(2,3)4/h6-12,15-16,24,32H,13-14,17H2,1-5H3/t24-/m1/s1. The summed E-state index contributed by atoms with van der Waals surface area (Å²) < 4.78 is 32.9. The summed E-state index contributed by atoms with van der Waals surface area (Å²) in [7, 11) is 1.41. The fourth-order valence-electron chi connectivity index (χ4n) is 4.61. The van der Waals surface area contributed by atoms with Gasteiger partial charge in [0.1, 0.15) is 23.2 Å². The number of fused-ring (bicyclic) bond motifs is 1. The molecule has 1 aliphatic rings. The van der Waals surface area contributed by atoms with Crippen molar-refractivity contribution in [2.24, 2.45) is 0 Å². The number of carbonyl (C=O) groups excluding carboxylic acids is 1. The highest BCUT2D eigenvalue weighted by Gasteiger charge is 2.30. The molecule has 0 radical (unpaired) electrons. The molecular formula is C29H32FN5O4. The first-order valence-corrected chi connectivity index (χ1v) is 12.8. The molecule has 5 rings (SSSR count). The highest BCUT2D eigenvalue weighted by atomic mass is 19.1. The van der Waals surface area contributed by atoms with E-state index >= 15 is 0 Å². The van der Waals surface area contributed by atoms with Crippen molar-refractivity contribution in [2.75, 3.05) is 26.7 Å². The van der Waals surface area contributed by atoms with Crippen molar-refractivity contribution in [1.29, 1.82) is 0 Å². The van der Waals surface area contributed by atoms with Gasteiger partial charge in [0, 0.05) is 36.4 Å². The molecule has 2 aromatic carbocycles. The van der Waals surface area contributed by atoms with E-state index in [2.05, 4.69) is 10.3 Å². The molecule has 1 fully saturated rings. The minimum Gasteiger partial charge on any atom is -0.494 e. The third kappa shape index (κ3) is 5.51. The molecule has 1 aliphatic heterocycles. The molecule has 9 nitrogen and oxygen atoms in total. The second-order valence-corrected chi connectivity index (χ2v) is 10.4. The van der Waals surface area contributed by atoms with Gasteiger partial charge in [-0.15, -0.1) is 0 Å². The number of piperazine rings is 1. The summed E-state index contributed by atoms with van der Waals surface area (Å²) in [6.07, 6.45) is 3.01. The summed E-state index contributed by atoms with van der Waals surface area (Å²) in [6, 6.07) is 12.1. The molecule has 10 heteroatoms. The van der Waals surface area contributed by atoms with Gasteiger partial charge in [-0.2, -0.15) is 9.49 Å². The van der Waals surface area contributed by atoms with E-state index in [-0.39, 0.29) is 23.8 Å². The number of halogens is 1. The van der Waals surface area contributed by atoms with Crippen LogP contribution in [0.2, 0.25) is 0 Å². The van der Waals surface area contributed by atoms with Crippen molar-refractivity contribution < 1.29 is 23.4 Å². The second kappa shape index (κ2) is 10.5. The summed E-state index contributed by atoms with van der Waals surface area (Å²) in [4.78, 5) is 18.9. The SMILES string of the molecule is COc1cccc(Oc2ccc(-c3nn([C@@H]4CN(C(=O)OC(C)(C)C)CCN4)c4c(C)cncc34)cc2)c1F. The van der Waals surface area contributed by atoms with Crippen molar-refractivity contribution in [1.82, 2.24) is 25.0 Å². The van der Waals surface area contributed by atoms with Gasteiger partial charge in [-0.3, -0.25) is 10.3 Å². The lowest BCUT2D eigenvalue weighted by Gasteiger charge is -2.35. The highest BCUT2D eigenvalue weighted by molar-refractivity contribution is 5.94. The van der Waals surface area contributed by atoms with Crippen LogP contribution in [-0.4, -0.2) is 58.1 Å². The molecule has 1 N–H and O–H groups in total. The number of aryl methyl sites for hydroxylation is 1. The number of aromatic nitrogens is 3. The maximum Gasteiger partial charge on any atom is 0.410 e. The zero-order valence-corrected chi connectivity index (χ0v) is 22.7. The van der Waals surface area contributed by atoms with Crippen molar-refractivity contribution in [3.8, 4) is 28.5 Å². The Bertz CT molecular complexity index is 1500. The van der Waals surface area contributed by atoms with Crippen LogP contribution >= 0.6 is 0 Å². The van der Waals surface area contributed by atoms with Crippen LogP contribution < -0.4 is 14.8 Å². The normalized spacial score (nSPS) is 15.8. The van der Waals surface area contributed by atoms with E-state index in [0.717, 1.165) is 27.7 Å². The number of ether oxygens (including phenoxy) is 3. The lowest BCUT2D eigenvalue weighted by molar-refractivity contribution is 0.0161. The number of pyridine rings is 1. The van der Waals surface area contributed by atoms with Gasteiger partial charge in [0.2, 0.25) is 5.82 Å². The molecule has 2 aromatic heterocycles. The molecule has 204 valence electrons. The summed E-state index contributed by atoms with van der Waals surface area (Å²) in [5, 5.41) is 9.35. The van der Waals surface area contributed by atoms with Crippen LogP contribution in [0.1, 0.15) is 32.5 Å². The Hall–Kier alpha value is -4.18. The zero-order valence-electron chi connectivity index (χ0n) is 22.7. The highest BCUT2D eigenvalue weighted by Crippen LogP contribution is 2.34. The molecule has 0 bridgehead atoms. The van der Waals surface area contributed by atoms with Crippen molar-refractivity contribution >= 4 is 17.0 Å².